The summed E-state index contributed by atoms with van der Waals surface area (Å²) in [6.07, 6.45) is 2.49. The van der Waals surface area contributed by atoms with Crippen LogP contribution >= 0.6 is 0 Å². The lowest BCUT2D eigenvalue weighted by Crippen LogP contribution is -2.41. The van der Waals surface area contributed by atoms with Crippen LogP contribution in [0.4, 0.5) is 15.4 Å². The third kappa shape index (κ3) is 7.39. The number of anilines is 1. The molecule has 0 aliphatic carbocycles. The van der Waals surface area contributed by atoms with Gasteiger partial charge in [-0.2, -0.15) is 0 Å². The Morgan fingerprint density at radius 3 is 2.23 bits per heavy atom. The van der Waals surface area contributed by atoms with Crippen LogP contribution in [0.5, 0.6) is 5.75 Å². The standard InChI is InChI=1S/C22H35N3O5/c1-8-28-17-13-18(24-19(26)29-21(2,3)4)23-14-16(17)15-9-11-25(12-10-15)20(27)30-22(5,6)7/h13-15H,8-12H2,1-7H3,(H,23,24,26). The first-order valence-corrected chi connectivity index (χ1v) is 10.5. The summed E-state index contributed by atoms with van der Waals surface area (Å²) in [5.41, 5.74) is -0.110. The van der Waals surface area contributed by atoms with Crippen LogP contribution in [0, 0.1) is 0 Å². The van der Waals surface area contributed by atoms with Crippen LogP contribution < -0.4 is 10.1 Å². The molecule has 1 fully saturated rings. The van der Waals surface area contributed by atoms with E-state index in [1.807, 2.05) is 27.7 Å². The predicted octanol–water partition coefficient (Wildman–Crippen LogP) is 4.94. The molecule has 0 bridgehead atoms. The van der Waals surface area contributed by atoms with Crippen molar-refractivity contribution in [1.82, 2.24) is 9.88 Å². The van der Waals surface area contributed by atoms with Crippen LogP contribution in [-0.2, 0) is 9.47 Å². The Balaban J connectivity index is 2.05. The van der Waals surface area contributed by atoms with Crippen molar-refractivity contribution in [2.75, 3.05) is 25.0 Å². The maximum absolute atomic E-state index is 12.3. The van der Waals surface area contributed by atoms with E-state index in [9.17, 15) is 9.59 Å². The molecule has 1 N–H and O–H groups in total. The molecule has 8 nitrogen and oxygen atoms in total. The van der Waals surface area contributed by atoms with Gasteiger partial charge < -0.3 is 19.1 Å². The molecule has 0 spiro atoms. The summed E-state index contributed by atoms with van der Waals surface area (Å²) in [6.45, 7) is 14.6. The average molecular weight is 422 g/mol. The highest BCUT2D eigenvalue weighted by Crippen LogP contribution is 2.35. The monoisotopic (exact) mass is 421 g/mol. The van der Waals surface area contributed by atoms with Gasteiger partial charge in [-0.25, -0.2) is 14.6 Å². The Labute approximate surface area is 179 Å². The maximum atomic E-state index is 12.3. The molecule has 1 aliphatic heterocycles. The minimum atomic E-state index is -0.588. The van der Waals surface area contributed by atoms with Crippen molar-refractivity contribution in [3.8, 4) is 5.75 Å². The second-order valence-corrected chi connectivity index (χ2v) is 9.41. The average Bonchev–Trinajstić information content (AvgIpc) is 2.59. The number of pyridine rings is 1. The molecule has 30 heavy (non-hydrogen) atoms. The quantitative estimate of drug-likeness (QED) is 0.740. The maximum Gasteiger partial charge on any atom is 0.413 e. The van der Waals surface area contributed by atoms with Gasteiger partial charge in [-0.3, -0.25) is 5.32 Å². The molecule has 0 atom stereocenters. The molecule has 2 amide bonds. The summed E-state index contributed by atoms with van der Waals surface area (Å²) in [5, 5.41) is 2.65. The van der Waals surface area contributed by atoms with E-state index >= 15 is 0 Å². The molecular formula is C22H35N3O5. The van der Waals surface area contributed by atoms with E-state index in [-0.39, 0.29) is 12.0 Å². The summed E-state index contributed by atoms with van der Waals surface area (Å²) in [5.74, 6) is 1.28. The van der Waals surface area contributed by atoms with Crippen molar-refractivity contribution in [1.29, 1.82) is 0 Å². The highest BCUT2D eigenvalue weighted by molar-refractivity contribution is 5.83. The lowest BCUT2D eigenvalue weighted by atomic mass is 9.90. The number of likely N-dealkylation sites (tertiary alicyclic amines) is 1. The van der Waals surface area contributed by atoms with Crippen LogP contribution in [0.15, 0.2) is 12.3 Å². The van der Waals surface area contributed by atoms with E-state index < -0.39 is 17.3 Å². The van der Waals surface area contributed by atoms with E-state index in [0.29, 0.717) is 31.3 Å². The first-order chi connectivity index (χ1) is 13.9. The molecule has 1 aliphatic rings. The van der Waals surface area contributed by atoms with Crippen LogP contribution in [0.25, 0.3) is 0 Å². The van der Waals surface area contributed by atoms with Gasteiger partial charge >= 0.3 is 12.2 Å². The van der Waals surface area contributed by atoms with Gasteiger partial charge in [0.05, 0.1) is 6.61 Å². The number of nitrogens with zero attached hydrogens (tertiary/aromatic N) is 2. The first-order valence-electron chi connectivity index (χ1n) is 10.5. The SMILES string of the molecule is CCOc1cc(NC(=O)OC(C)(C)C)ncc1C1CCN(C(=O)OC(C)(C)C)CC1. The van der Waals surface area contributed by atoms with Crippen LogP contribution in [0.2, 0.25) is 0 Å². The first kappa shape index (κ1) is 23.8. The largest absolute Gasteiger partial charge is 0.493 e. The number of amides is 2. The number of hydrogen-bond acceptors (Lipinski definition) is 6. The molecule has 8 heteroatoms. The van der Waals surface area contributed by atoms with Crippen LogP contribution in [0.1, 0.15) is 72.8 Å². The lowest BCUT2D eigenvalue weighted by molar-refractivity contribution is 0.0204. The molecule has 168 valence electrons. The third-order valence-corrected chi connectivity index (χ3v) is 4.41. The Hall–Kier alpha value is -2.51. The molecule has 0 aromatic carbocycles. The Morgan fingerprint density at radius 1 is 1.10 bits per heavy atom. The third-order valence-electron chi connectivity index (χ3n) is 4.41. The second-order valence-electron chi connectivity index (χ2n) is 9.41. The zero-order valence-corrected chi connectivity index (χ0v) is 19.2. The number of carbonyl (C=O) groups is 2. The van der Waals surface area contributed by atoms with Gasteiger partial charge in [-0.05, 0) is 67.2 Å². The Kier molecular flexibility index (Phi) is 7.55. The lowest BCUT2D eigenvalue weighted by Gasteiger charge is -2.34. The van der Waals surface area contributed by atoms with Crippen molar-refractivity contribution >= 4 is 18.0 Å². The number of carbonyl (C=O) groups excluding carboxylic acids is 2. The fraction of sp³-hybridized carbons (Fsp3) is 0.682. The molecule has 0 unspecified atom stereocenters. The summed E-state index contributed by atoms with van der Waals surface area (Å²) in [7, 11) is 0. The number of piperidine rings is 1. The van der Waals surface area contributed by atoms with E-state index in [4.69, 9.17) is 14.2 Å². The summed E-state index contributed by atoms with van der Waals surface area (Å²) in [6, 6.07) is 1.73. The van der Waals surface area contributed by atoms with Gasteiger partial charge in [-0.15, -0.1) is 0 Å². The van der Waals surface area contributed by atoms with E-state index in [0.717, 1.165) is 18.4 Å². The molecule has 2 heterocycles. The van der Waals surface area contributed by atoms with Gasteiger partial charge in [-0.1, -0.05) is 0 Å². The van der Waals surface area contributed by atoms with Crippen LogP contribution in [-0.4, -0.2) is 53.0 Å². The van der Waals surface area contributed by atoms with Crippen molar-refractivity contribution in [3.63, 3.8) is 0 Å². The van der Waals surface area contributed by atoms with Crippen LogP contribution in [0.3, 0.4) is 0 Å². The minimum Gasteiger partial charge on any atom is -0.493 e. The zero-order chi connectivity index (χ0) is 22.5. The highest BCUT2D eigenvalue weighted by atomic mass is 16.6. The van der Waals surface area contributed by atoms with Gasteiger partial charge in [0.15, 0.2) is 0 Å². The number of ether oxygens (including phenoxy) is 3. The zero-order valence-electron chi connectivity index (χ0n) is 19.2. The highest BCUT2D eigenvalue weighted by Gasteiger charge is 2.29. The molecular weight excluding hydrogens is 386 g/mol. The van der Waals surface area contributed by atoms with Crippen molar-refractivity contribution < 1.29 is 23.8 Å². The number of rotatable bonds is 4. The number of nitrogens with one attached hydrogen (secondary N) is 1. The normalized spacial score (nSPS) is 15.5. The number of hydrogen-bond donors (Lipinski definition) is 1. The predicted molar refractivity (Wildman–Crippen MR) is 115 cm³/mol. The van der Waals surface area contributed by atoms with Gasteiger partial charge in [0.1, 0.15) is 22.8 Å². The van der Waals surface area contributed by atoms with Gasteiger partial charge in [0.25, 0.3) is 0 Å². The molecule has 1 aromatic heterocycles. The van der Waals surface area contributed by atoms with Gasteiger partial charge in [0.2, 0.25) is 0 Å². The summed E-state index contributed by atoms with van der Waals surface area (Å²) >= 11 is 0. The molecule has 0 radical (unpaired) electrons. The summed E-state index contributed by atoms with van der Waals surface area (Å²) in [4.78, 5) is 30.4. The molecule has 0 saturated carbocycles. The molecule has 1 aromatic rings. The van der Waals surface area contributed by atoms with E-state index in [2.05, 4.69) is 10.3 Å². The second kappa shape index (κ2) is 9.53. The van der Waals surface area contributed by atoms with Crippen molar-refractivity contribution in [3.05, 3.63) is 17.8 Å². The smallest absolute Gasteiger partial charge is 0.413 e. The fourth-order valence-corrected chi connectivity index (χ4v) is 3.21. The van der Waals surface area contributed by atoms with Gasteiger partial charge in [0, 0.05) is 30.9 Å². The number of aromatic nitrogens is 1. The Morgan fingerprint density at radius 2 is 1.70 bits per heavy atom. The summed E-state index contributed by atoms with van der Waals surface area (Å²) < 4.78 is 16.6. The van der Waals surface area contributed by atoms with E-state index in [1.54, 1.807) is 37.9 Å². The minimum absolute atomic E-state index is 0.216. The van der Waals surface area contributed by atoms with Crippen molar-refractivity contribution in [2.45, 2.75) is 78.4 Å². The molecule has 2 rings (SSSR count). The Bertz CT molecular complexity index is 744. The molecule has 1 saturated heterocycles. The topological polar surface area (TPSA) is 90.0 Å². The fourth-order valence-electron chi connectivity index (χ4n) is 3.21. The van der Waals surface area contributed by atoms with Crippen molar-refractivity contribution in [2.24, 2.45) is 0 Å². The van der Waals surface area contributed by atoms with E-state index in [1.165, 1.54) is 0 Å².